The first-order chi connectivity index (χ1) is 8.83. The average Bonchev–Trinajstić information content (AvgIpc) is 2.45. The van der Waals surface area contributed by atoms with Gasteiger partial charge >= 0.3 is 0 Å². The van der Waals surface area contributed by atoms with Crippen molar-refractivity contribution in [2.45, 2.75) is 13.3 Å². The van der Waals surface area contributed by atoms with Gasteiger partial charge in [0.2, 0.25) is 0 Å². The lowest BCUT2D eigenvalue weighted by molar-refractivity contribution is 0.0773. The number of thioether (sulfide) groups is 1. The summed E-state index contributed by atoms with van der Waals surface area (Å²) in [4.78, 5) is 18.5. The van der Waals surface area contributed by atoms with Crippen LogP contribution in [0.1, 0.15) is 23.7 Å². The van der Waals surface area contributed by atoms with Crippen LogP contribution in [0.3, 0.4) is 0 Å². The summed E-state index contributed by atoms with van der Waals surface area (Å²) in [5.74, 6) is 2.19. The normalized spacial score (nSPS) is 15.5. The van der Waals surface area contributed by atoms with E-state index in [-0.39, 0.29) is 5.91 Å². The summed E-state index contributed by atoms with van der Waals surface area (Å²) in [6.45, 7) is 4.66. The summed E-state index contributed by atoms with van der Waals surface area (Å²) in [5, 5.41) is 3.27. The molecule has 0 aliphatic carbocycles. The van der Waals surface area contributed by atoms with E-state index in [0.29, 0.717) is 0 Å². The maximum atomic E-state index is 12.4. The third-order valence-electron chi connectivity index (χ3n) is 2.92. The maximum Gasteiger partial charge on any atom is 0.256 e. The van der Waals surface area contributed by atoms with Crippen molar-refractivity contribution in [2.24, 2.45) is 0 Å². The largest absolute Gasteiger partial charge is 0.383 e. The van der Waals surface area contributed by atoms with E-state index in [1.807, 2.05) is 22.7 Å². The molecule has 0 spiro atoms. The summed E-state index contributed by atoms with van der Waals surface area (Å²) in [5.41, 5.74) is 1.59. The molecule has 2 heterocycles. The van der Waals surface area contributed by atoms with Crippen molar-refractivity contribution in [1.82, 2.24) is 9.88 Å². The van der Waals surface area contributed by atoms with Crippen molar-refractivity contribution in [1.29, 1.82) is 0 Å². The van der Waals surface area contributed by atoms with Crippen LogP contribution in [-0.4, -0.2) is 46.9 Å². The highest BCUT2D eigenvalue weighted by molar-refractivity contribution is 7.99. The number of nitrogens with one attached hydrogen (secondary N) is 1. The van der Waals surface area contributed by atoms with Gasteiger partial charge in [-0.15, -0.1) is 0 Å². The fraction of sp³-hybridized carbons (Fsp3) is 0.538. The molecule has 0 atom stereocenters. The zero-order chi connectivity index (χ0) is 12.8. The molecule has 1 amide bonds. The molecule has 1 saturated heterocycles. The lowest BCUT2D eigenvalue weighted by Gasteiger charge is -2.27. The van der Waals surface area contributed by atoms with Crippen molar-refractivity contribution in [3.8, 4) is 0 Å². The quantitative estimate of drug-likeness (QED) is 0.905. The zero-order valence-electron chi connectivity index (χ0n) is 10.7. The Hall–Kier alpha value is -1.23. The van der Waals surface area contributed by atoms with Crippen molar-refractivity contribution in [2.75, 3.05) is 36.5 Å². The second-order valence-electron chi connectivity index (χ2n) is 4.25. The van der Waals surface area contributed by atoms with Crippen LogP contribution in [0.5, 0.6) is 0 Å². The second kappa shape index (κ2) is 6.64. The molecule has 2 rings (SSSR count). The van der Waals surface area contributed by atoms with Gasteiger partial charge in [0.25, 0.3) is 5.91 Å². The summed E-state index contributed by atoms with van der Waals surface area (Å²) in [7, 11) is 0. The van der Waals surface area contributed by atoms with Gasteiger partial charge in [0.1, 0.15) is 0 Å². The Bertz CT molecular complexity index is 405. The first-order valence-electron chi connectivity index (χ1n) is 6.38. The predicted octanol–water partition coefficient (Wildman–Crippen LogP) is 2.09. The van der Waals surface area contributed by atoms with E-state index in [2.05, 4.69) is 17.2 Å². The van der Waals surface area contributed by atoms with Gasteiger partial charge in [-0.05, 0) is 12.5 Å². The number of anilines is 1. The molecule has 0 radical (unpaired) electrons. The molecule has 98 valence electrons. The van der Waals surface area contributed by atoms with Crippen molar-refractivity contribution in [3.63, 3.8) is 0 Å². The average molecular weight is 265 g/mol. The standard InChI is InChI=1S/C13H19N3OS/c1-2-4-15-12-10-14-5-3-11(12)13(17)16-6-8-18-9-7-16/h3,5,10,15H,2,4,6-9H2,1H3. The molecule has 1 aliphatic rings. The van der Waals surface area contributed by atoms with Crippen molar-refractivity contribution < 1.29 is 4.79 Å². The number of carbonyl (C=O) groups excluding carboxylic acids is 1. The van der Waals surface area contributed by atoms with E-state index < -0.39 is 0 Å². The van der Waals surface area contributed by atoms with Crippen LogP contribution in [-0.2, 0) is 0 Å². The molecule has 0 bridgehead atoms. The predicted molar refractivity (Wildman–Crippen MR) is 76.2 cm³/mol. The molecule has 18 heavy (non-hydrogen) atoms. The van der Waals surface area contributed by atoms with Crippen LogP contribution < -0.4 is 5.32 Å². The van der Waals surface area contributed by atoms with E-state index in [1.54, 1.807) is 12.4 Å². The SMILES string of the molecule is CCCNc1cnccc1C(=O)N1CCSCC1. The van der Waals surface area contributed by atoms with Crippen molar-refractivity contribution in [3.05, 3.63) is 24.0 Å². The van der Waals surface area contributed by atoms with Crippen molar-refractivity contribution >= 4 is 23.4 Å². The lowest BCUT2D eigenvalue weighted by Crippen LogP contribution is -2.38. The molecule has 5 heteroatoms. The molecule has 0 saturated carbocycles. The van der Waals surface area contributed by atoms with Gasteiger partial charge in [0.05, 0.1) is 17.4 Å². The minimum atomic E-state index is 0.122. The number of carbonyl (C=O) groups is 1. The minimum absolute atomic E-state index is 0.122. The van der Waals surface area contributed by atoms with E-state index in [4.69, 9.17) is 0 Å². The number of pyridine rings is 1. The monoisotopic (exact) mass is 265 g/mol. The van der Waals surface area contributed by atoms with Gasteiger partial charge < -0.3 is 10.2 Å². The smallest absolute Gasteiger partial charge is 0.256 e. The Balaban J connectivity index is 2.12. The minimum Gasteiger partial charge on any atom is -0.383 e. The Kier molecular flexibility index (Phi) is 4.87. The Morgan fingerprint density at radius 3 is 3.00 bits per heavy atom. The van der Waals surface area contributed by atoms with Gasteiger partial charge in [-0.25, -0.2) is 0 Å². The summed E-state index contributed by atoms with van der Waals surface area (Å²) >= 11 is 1.91. The van der Waals surface area contributed by atoms with E-state index in [1.165, 1.54) is 0 Å². The van der Waals surface area contributed by atoms with Crippen LogP contribution in [0.4, 0.5) is 5.69 Å². The molecular formula is C13H19N3OS. The lowest BCUT2D eigenvalue weighted by atomic mass is 10.2. The van der Waals surface area contributed by atoms with Gasteiger partial charge in [-0.2, -0.15) is 11.8 Å². The number of aromatic nitrogens is 1. The highest BCUT2D eigenvalue weighted by atomic mass is 32.2. The molecule has 1 aromatic rings. The number of nitrogens with zero attached hydrogens (tertiary/aromatic N) is 2. The van der Waals surface area contributed by atoms with Crippen LogP contribution in [0.25, 0.3) is 0 Å². The molecular weight excluding hydrogens is 246 g/mol. The van der Waals surface area contributed by atoms with E-state index in [0.717, 1.165) is 48.8 Å². The van der Waals surface area contributed by atoms with E-state index >= 15 is 0 Å². The first-order valence-corrected chi connectivity index (χ1v) is 7.53. The molecule has 0 aromatic carbocycles. The van der Waals surface area contributed by atoms with Crippen LogP contribution in [0.15, 0.2) is 18.5 Å². The Morgan fingerprint density at radius 2 is 2.28 bits per heavy atom. The third-order valence-corrected chi connectivity index (χ3v) is 3.86. The van der Waals surface area contributed by atoms with Crippen LogP contribution in [0.2, 0.25) is 0 Å². The highest BCUT2D eigenvalue weighted by Gasteiger charge is 2.20. The van der Waals surface area contributed by atoms with E-state index in [9.17, 15) is 4.79 Å². The molecule has 1 N–H and O–H groups in total. The molecule has 0 unspecified atom stereocenters. The number of hydrogen-bond acceptors (Lipinski definition) is 4. The molecule has 1 aromatic heterocycles. The van der Waals surface area contributed by atoms with Gasteiger partial charge in [-0.1, -0.05) is 6.92 Å². The van der Waals surface area contributed by atoms with Crippen LogP contribution in [0, 0.1) is 0 Å². The first kappa shape index (κ1) is 13.2. The zero-order valence-corrected chi connectivity index (χ0v) is 11.5. The second-order valence-corrected chi connectivity index (χ2v) is 5.48. The maximum absolute atomic E-state index is 12.4. The van der Waals surface area contributed by atoms with Gasteiger partial charge in [0.15, 0.2) is 0 Å². The number of hydrogen-bond donors (Lipinski definition) is 1. The fourth-order valence-corrected chi connectivity index (χ4v) is 2.82. The Morgan fingerprint density at radius 1 is 1.50 bits per heavy atom. The third kappa shape index (κ3) is 3.16. The van der Waals surface area contributed by atoms with Gasteiger partial charge in [0, 0.05) is 37.3 Å². The Labute approximate surface area is 112 Å². The summed E-state index contributed by atoms with van der Waals surface area (Å²) in [6, 6.07) is 1.81. The summed E-state index contributed by atoms with van der Waals surface area (Å²) < 4.78 is 0. The van der Waals surface area contributed by atoms with Gasteiger partial charge in [-0.3, -0.25) is 9.78 Å². The highest BCUT2D eigenvalue weighted by Crippen LogP contribution is 2.18. The fourth-order valence-electron chi connectivity index (χ4n) is 1.92. The topological polar surface area (TPSA) is 45.2 Å². The molecule has 1 fully saturated rings. The molecule has 1 aliphatic heterocycles. The van der Waals surface area contributed by atoms with Crippen LogP contribution >= 0.6 is 11.8 Å². The summed E-state index contributed by atoms with van der Waals surface area (Å²) in [6.07, 6.45) is 4.45. The number of rotatable bonds is 4. The number of amides is 1. The molecule has 4 nitrogen and oxygen atoms in total.